The van der Waals surface area contributed by atoms with E-state index in [0.29, 0.717) is 6.54 Å². The molecule has 0 aliphatic carbocycles. The van der Waals surface area contributed by atoms with E-state index in [9.17, 15) is 0 Å². The molecule has 4 nitrogen and oxygen atoms in total. The second-order valence-corrected chi connectivity index (χ2v) is 1.46. The van der Waals surface area contributed by atoms with Crippen molar-refractivity contribution in [3.8, 4) is 6.19 Å². The third-order valence-corrected chi connectivity index (χ3v) is 0.840. The van der Waals surface area contributed by atoms with Gasteiger partial charge in [-0.1, -0.05) is 5.16 Å². The zero-order valence-electron chi connectivity index (χ0n) is 4.66. The molecule has 0 saturated heterocycles. The molecule has 0 bridgehead atoms. The fourth-order valence-corrected chi connectivity index (χ4v) is 0.459. The fraction of sp³-hybridized carbons (Fsp3) is 0.200. The molecule has 0 aliphatic rings. The number of hydrogen-bond donors (Lipinski definition) is 1. The van der Waals surface area contributed by atoms with Crippen molar-refractivity contribution in [1.82, 2.24) is 10.5 Å². The summed E-state index contributed by atoms with van der Waals surface area (Å²) in [5.41, 5.74) is 0.733. The maximum Gasteiger partial charge on any atom is 0.176 e. The molecule has 4 heteroatoms. The molecule has 1 rings (SSSR count). The number of nitrogens with one attached hydrogen (secondary N) is 1. The highest BCUT2D eigenvalue weighted by atomic mass is 16.5. The molecule has 0 radical (unpaired) electrons. The summed E-state index contributed by atoms with van der Waals surface area (Å²) in [6.45, 7) is 0.437. The van der Waals surface area contributed by atoms with Crippen molar-refractivity contribution < 1.29 is 4.52 Å². The van der Waals surface area contributed by atoms with Crippen molar-refractivity contribution in [3.05, 3.63) is 18.0 Å². The van der Waals surface area contributed by atoms with Crippen LogP contribution in [0.1, 0.15) is 5.69 Å². The van der Waals surface area contributed by atoms with Crippen molar-refractivity contribution in [3.63, 3.8) is 0 Å². The van der Waals surface area contributed by atoms with E-state index in [1.807, 2.05) is 0 Å². The summed E-state index contributed by atoms with van der Waals surface area (Å²) in [6, 6.07) is 1.70. The number of nitriles is 1. The van der Waals surface area contributed by atoms with Gasteiger partial charge in [0.05, 0.1) is 6.54 Å². The van der Waals surface area contributed by atoms with Gasteiger partial charge in [0.25, 0.3) is 0 Å². The second-order valence-electron chi connectivity index (χ2n) is 1.46. The number of rotatable bonds is 2. The summed E-state index contributed by atoms with van der Waals surface area (Å²) < 4.78 is 4.51. The zero-order valence-corrected chi connectivity index (χ0v) is 4.66. The summed E-state index contributed by atoms with van der Waals surface area (Å²) in [5, 5.41) is 14.0. The quantitative estimate of drug-likeness (QED) is 0.452. The minimum Gasteiger partial charge on any atom is -0.364 e. The van der Waals surface area contributed by atoms with Gasteiger partial charge in [0, 0.05) is 6.07 Å². The van der Waals surface area contributed by atoms with Gasteiger partial charge in [-0.15, -0.1) is 0 Å². The lowest BCUT2D eigenvalue weighted by Crippen LogP contribution is -2.03. The highest BCUT2D eigenvalue weighted by molar-refractivity contribution is 4.95. The first kappa shape index (κ1) is 5.63. The zero-order chi connectivity index (χ0) is 6.53. The molecule has 0 spiro atoms. The Kier molecular flexibility index (Phi) is 1.70. The smallest absolute Gasteiger partial charge is 0.176 e. The Hall–Kier alpha value is -1.50. The summed E-state index contributed by atoms with van der Waals surface area (Å²) in [6.07, 6.45) is 3.24. The van der Waals surface area contributed by atoms with Gasteiger partial charge in [-0.05, 0) is 0 Å². The monoisotopic (exact) mass is 123 g/mol. The normalized spacial score (nSPS) is 8.33. The van der Waals surface area contributed by atoms with Gasteiger partial charge in [0.1, 0.15) is 12.0 Å². The number of hydrogen-bond acceptors (Lipinski definition) is 4. The van der Waals surface area contributed by atoms with Crippen LogP contribution in [-0.2, 0) is 6.54 Å². The Morgan fingerprint density at radius 2 is 2.78 bits per heavy atom. The molecular weight excluding hydrogens is 118 g/mol. The van der Waals surface area contributed by atoms with Crippen LogP contribution in [0.4, 0.5) is 0 Å². The first-order valence-corrected chi connectivity index (χ1v) is 2.44. The average molecular weight is 123 g/mol. The molecule has 1 heterocycles. The van der Waals surface area contributed by atoms with E-state index in [1.165, 1.54) is 6.26 Å². The Labute approximate surface area is 52.1 Å². The van der Waals surface area contributed by atoms with Crippen LogP contribution < -0.4 is 5.32 Å². The van der Waals surface area contributed by atoms with E-state index in [0.717, 1.165) is 5.69 Å². The van der Waals surface area contributed by atoms with Gasteiger partial charge in [0.2, 0.25) is 0 Å². The molecule has 0 atom stereocenters. The third-order valence-electron chi connectivity index (χ3n) is 0.840. The minimum atomic E-state index is 0.437. The number of nitrogens with zero attached hydrogens (tertiary/aromatic N) is 2. The summed E-state index contributed by atoms with van der Waals surface area (Å²) in [7, 11) is 0. The minimum absolute atomic E-state index is 0.437. The van der Waals surface area contributed by atoms with E-state index < -0.39 is 0 Å². The van der Waals surface area contributed by atoms with Crippen LogP contribution in [0.25, 0.3) is 0 Å². The highest BCUT2D eigenvalue weighted by Gasteiger charge is 1.91. The predicted molar refractivity (Wildman–Crippen MR) is 29.0 cm³/mol. The van der Waals surface area contributed by atoms with Gasteiger partial charge in [-0.2, -0.15) is 5.26 Å². The van der Waals surface area contributed by atoms with Crippen molar-refractivity contribution in [1.29, 1.82) is 5.26 Å². The average Bonchev–Trinajstić information content (AvgIpc) is 2.34. The fourth-order valence-electron chi connectivity index (χ4n) is 0.459. The maximum atomic E-state index is 8.05. The van der Waals surface area contributed by atoms with Crippen LogP contribution in [0, 0.1) is 11.5 Å². The molecule has 1 aromatic heterocycles. The van der Waals surface area contributed by atoms with Crippen molar-refractivity contribution in [2.24, 2.45) is 0 Å². The lowest BCUT2D eigenvalue weighted by molar-refractivity contribution is 0.410. The maximum absolute atomic E-state index is 8.05. The standard InChI is InChI=1S/C5H5N3O/c6-4-7-3-5-1-2-9-8-5/h1-2,7H,3H2. The first-order chi connectivity index (χ1) is 4.43. The van der Waals surface area contributed by atoms with E-state index in [1.54, 1.807) is 12.3 Å². The Morgan fingerprint density at radius 3 is 3.33 bits per heavy atom. The van der Waals surface area contributed by atoms with E-state index in [2.05, 4.69) is 15.0 Å². The molecule has 1 aromatic rings. The van der Waals surface area contributed by atoms with Crippen LogP contribution in [0.3, 0.4) is 0 Å². The summed E-state index contributed by atoms with van der Waals surface area (Å²) in [5.74, 6) is 0. The number of aromatic nitrogens is 1. The van der Waals surface area contributed by atoms with Crippen LogP contribution in [-0.4, -0.2) is 5.16 Å². The predicted octanol–water partition coefficient (Wildman–Crippen LogP) is 0.245. The van der Waals surface area contributed by atoms with Crippen LogP contribution in [0.15, 0.2) is 16.9 Å². The van der Waals surface area contributed by atoms with Gasteiger partial charge in [0.15, 0.2) is 6.19 Å². The topological polar surface area (TPSA) is 61.9 Å². The molecule has 46 valence electrons. The van der Waals surface area contributed by atoms with Gasteiger partial charge >= 0.3 is 0 Å². The van der Waals surface area contributed by atoms with Crippen molar-refractivity contribution in [2.75, 3.05) is 0 Å². The van der Waals surface area contributed by atoms with Crippen LogP contribution in [0.2, 0.25) is 0 Å². The van der Waals surface area contributed by atoms with E-state index in [-0.39, 0.29) is 0 Å². The largest absolute Gasteiger partial charge is 0.364 e. The van der Waals surface area contributed by atoms with Crippen LogP contribution in [0.5, 0.6) is 0 Å². The SMILES string of the molecule is N#CNCc1ccon1. The second kappa shape index (κ2) is 2.72. The molecule has 0 aromatic carbocycles. The first-order valence-electron chi connectivity index (χ1n) is 2.44. The lowest BCUT2D eigenvalue weighted by atomic mass is 10.4. The van der Waals surface area contributed by atoms with Crippen molar-refractivity contribution >= 4 is 0 Å². The molecular formula is C5H5N3O. The van der Waals surface area contributed by atoms with E-state index >= 15 is 0 Å². The summed E-state index contributed by atoms with van der Waals surface area (Å²) in [4.78, 5) is 0. The molecule has 0 unspecified atom stereocenters. The van der Waals surface area contributed by atoms with Crippen LogP contribution >= 0.6 is 0 Å². The third kappa shape index (κ3) is 1.46. The Balaban J connectivity index is 2.41. The van der Waals surface area contributed by atoms with Gasteiger partial charge < -0.3 is 9.84 Å². The Bertz CT molecular complexity index is 198. The van der Waals surface area contributed by atoms with Crippen molar-refractivity contribution in [2.45, 2.75) is 6.54 Å². The van der Waals surface area contributed by atoms with Gasteiger partial charge in [-0.3, -0.25) is 0 Å². The van der Waals surface area contributed by atoms with E-state index in [4.69, 9.17) is 5.26 Å². The highest BCUT2D eigenvalue weighted by Crippen LogP contribution is 1.91. The molecule has 0 saturated carbocycles. The lowest BCUT2D eigenvalue weighted by Gasteiger charge is -1.85. The molecule has 1 N–H and O–H groups in total. The van der Waals surface area contributed by atoms with Gasteiger partial charge in [-0.25, -0.2) is 0 Å². The molecule has 0 aliphatic heterocycles. The molecule has 9 heavy (non-hydrogen) atoms. The Morgan fingerprint density at radius 1 is 1.89 bits per heavy atom. The molecule has 0 amide bonds. The summed E-state index contributed by atoms with van der Waals surface area (Å²) >= 11 is 0. The molecule has 0 fully saturated rings.